The van der Waals surface area contributed by atoms with Crippen LogP contribution in [0, 0.1) is 11.6 Å². The first-order chi connectivity index (χ1) is 13.5. The molecule has 0 N–H and O–H groups in total. The van der Waals surface area contributed by atoms with Gasteiger partial charge >= 0.3 is 0 Å². The van der Waals surface area contributed by atoms with Crippen LogP contribution in [0.3, 0.4) is 0 Å². The molecule has 2 heterocycles. The molecule has 0 aliphatic carbocycles. The smallest absolute Gasteiger partial charge is 0.256 e. The first-order valence-electron chi connectivity index (χ1n) is 8.74. The van der Waals surface area contributed by atoms with Crippen molar-refractivity contribution in [2.24, 2.45) is 0 Å². The van der Waals surface area contributed by atoms with E-state index < -0.39 is 17.5 Å². The van der Waals surface area contributed by atoms with E-state index in [4.69, 9.17) is 9.26 Å². The maximum absolute atomic E-state index is 13.8. The van der Waals surface area contributed by atoms with E-state index in [1.54, 1.807) is 7.11 Å². The summed E-state index contributed by atoms with van der Waals surface area (Å²) in [6.07, 6.45) is 0.462. The van der Waals surface area contributed by atoms with Gasteiger partial charge in [0.15, 0.2) is 5.82 Å². The largest absolute Gasteiger partial charge is 0.496 e. The number of hydrogen-bond donors (Lipinski definition) is 0. The molecule has 1 amide bonds. The van der Waals surface area contributed by atoms with Crippen LogP contribution < -0.4 is 4.74 Å². The Hall–Kier alpha value is -3.29. The molecule has 4 rings (SSSR count). The summed E-state index contributed by atoms with van der Waals surface area (Å²) >= 11 is 0. The summed E-state index contributed by atoms with van der Waals surface area (Å²) in [5.41, 5.74) is 0.789. The zero-order valence-electron chi connectivity index (χ0n) is 15.1. The third-order valence-electron chi connectivity index (χ3n) is 4.70. The molecule has 2 aromatic carbocycles. The molecule has 1 aliphatic heterocycles. The standard InChI is InChI=1S/C20H17F2N3O3/c1-27-17-5-3-2-4-12(17)8-18-23-19(28-24-18)13-10-25(11-13)20(26)15-7-6-14(21)9-16(15)22/h2-7,9,13H,8,10-11H2,1H3. The zero-order valence-corrected chi connectivity index (χ0v) is 15.1. The van der Waals surface area contributed by atoms with E-state index in [9.17, 15) is 13.6 Å². The fourth-order valence-corrected chi connectivity index (χ4v) is 3.16. The molecule has 0 spiro atoms. The fourth-order valence-electron chi connectivity index (χ4n) is 3.16. The van der Waals surface area contributed by atoms with Gasteiger partial charge in [0.25, 0.3) is 5.91 Å². The fraction of sp³-hybridized carbons (Fsp3) is 0.250. The number of amides is 1. The number of carbonyl (C=O) groups is 1. The van der Waals surface area contributed by atoms with Gasteiger partial charge in [0.2, 0.25) is 5.89 Å². The van der Waals surface area contributed by atoms with Crippen LogP contribution in [0.2, 0.25) is 0 Å². The second-order valence-corrected chi connectivity index (χ2v) is 6.57. The lowest BCUT2D eigenvalue weighted by Crippen LogP contribution is -2.48. The number of aromatic nitrogens is 2. The van der Waals surface area contributed by atoms with Crippen molar-refractivity contribution < 1.29 is 22.8 Å². The van der Waals surface area contributed by atoms with Crippen molar-refractivity contribution in [1.29, 1.82) is 0 Å². The molecular formula is C20H17F2N3O3. The number of hydrogen-bond acceptors (Lipinski definition) is 5. The van der Waals surface area contributed by atoms with Crippen LogP contribution in [0.25, 0.3) is 0 Å². The van der Waals surface area contributed by atoms with Gasteiger partial charge in [-0.05, 0) is 18.2 Å². The van der Waals surface area contributed by atoms with E-state index in [0.29, 0.717) is 37.3 Å². The Morgan fingerprint density at radius 1 is 1.25 bits per heavy atom. The zero-order chi connectivity index (χ0) is 19.7. The lowest BCUT2D eigenvalue weighted by molar-refractivity contribution is 0.0564. The number of carbonyl (C=O) groups excluding carboxylic acids is 1. The Kier molecular flexibility index (Phi) is 4.77. The molecule has 0 saturated carbocycles. The summed E-state index contributed by atoms with van der Waals surface area (Å²) in [7, 11) is 1.60. The van der Waals surface area contributed by atoms with E-state index in [1.165, 1.54) is 4.90 Å². The number of ether oxygens (including phenoxy) is 1. The average molecular weight is 385 g/mol. The lowest BCUT2D eigenvalue weighted by Gasteiger charge is -2.37. The summed E-state index contributed by atoms with van der Waals surface area (Å²) in [4.78, 5) is 18.2. The first kappa shape index (κ1) is 18.1. The van der Waals surface area contributed by atoms with Gasteiger partial charge in [-0.2, -0.15) is 4.98 Å². The van der Waals surface area contributed by atoms with Crippen molar-refractivity contribution in [3.05, 3.63) is 76.9 Å². The minimum Gasteiger partial charge on any atom is -0.496 e. The van der Waals surface area contributed by atoms with Crippen LogP contribution in [-0.2, 0) is 6.42 Å². The molecule has 0 atom stereocenters. The Bertz CT molecular complexity index is 1020. The van der Waals surface area contributed by atoms with Gasteiger partial charge in [-0.3, -0.25) is 4.79 Å². The number of likely N-dealkylation sites (tertiary alicyclic amines) is 1. The summed E-state index contributed by atoms with van der Waals surface area (Å²) in [6, 6.07) is 10.5. The third kappa shape index (κ3) is 3.45. The van der Waals surface area contributed by atoms with Gasteiger partial charge in [0.05, 0.1) is 18.6 Å². The van der Waals surface area contributed by atoms with Crippen LogP contribution in [0.4, 0.5) is 8.78 Å². The summed E-state index contributed by atoms with van der Waals surface area (Å²) in [6.45, 7) is 0.678. The molecule has 144 valence electrons. The van der Waals surface area contributed by atoms with Gasteiger partial charge in [-0.1, -0.05) is 23.4 Å². The molecule has 1 aromatic heterocycles. The van der Waals surface area contributed by atoms with Crippen LogP contribution in [0.5, 0.6) is 5.75 Å². The molecule has 1 fully saturated rings. The van der Waals surface area contributed by atoms with Gasteiger partial charge in [0, 0.05) is 31.1 Å². The van der Waals surface area contributed by atoms with Crippen molar-refractivity contribution in [3.8, 4) is 5.75 Å². The maximum Gasteiger partial charge on any atom is 0.256 e. The monoisotopic (exact) mass is 385 g/mol. The molecule has 0 unspecified atom stereocenters. The van der Waals surface area contributed by atoms with Crippen LogP contribution in [0.1, 0.15) is 33.6 Å². The highest BCUT2D eigenvalue weighted by molar-refractivity contribution is 5.95. The predicted molar refractivity (Wildman–Crippen MR) is 95.1 cm³/mol. The molecule has 0 radical (unpaired) electrons. The van der Waals surface area contributed by atoms with E-state index in [0.717, 1.165) is 23.4 Å². The van der Waals surface area contributed by atoms with Crippen molar-refractivity contribution >= 4 is 5.91 Å². The molecule has 1 aliphatic rings. The van der Waals surface area contributed by atoms with Crippen molar-refractivity contribution in [3.63, 3.8) is 0 Å². The number of halogens is 2. The Balaban J connectivity index is 1.39. The summed E-state index contributed by atoms with van der Waals surface area (Å²) in [5.74, 6) is -0.471. The van der Waals surface area contributed by atoms with Crippen molar-refractivity contribution in [2.75, 3.05) is 20.2 Å². The van der Waals surface area contributed by atoms with Crippen LogP contribution >= 0.6 is 0 Å². The number of para-hydroxylation sites is 1. The summed E-state index contributed by atoms with van der Waals surface area (Å²) in [5, 5.41) is 3.99. The average Bonchev–Trinajstić information content (AvgIpc) is 3.08. The van der Waals surface area contributed by atoms with Gasteiger partial charge in [-0.15, -0.1) is 0 Å². The quantitative estimate of drug-likeness (QED) is 0.675. The van der Waals surface area contributed by atoms with E-state index >= 15 is 0 Å². The maximum atomic E-state index is 13.8. The minimum absolute atomic E-state index is 0.105. The molecule has 6 nitrogen and oxygen atoms in total. The number of nitrogens with zero attached hydrogens (tertiary/aromatic N) is 3. The number of rotatable bonds is 5. The highest BCUT2D eigenvalue weighted by Crippen LogP contribution is 2.28. The van der Waals surface area contributed by atoms with Crippen molar-refractivity contribution in [1.82, 2.24) is 15.0 Å². The molecule has 0 bridgehead atoms. The molecular weight excluding hydrogens is 368 g/mol. The Morgan fingerprint density at radius 3 is 2.79 bits per heavy atom. The second-order valence-electron chi connectivity index (χ2n) is 6.57. The van der Waals surface area contributed by atoms with Crippen LogP contribution in [-0.4, -0.2) is 41.1 Å². The minimum atomic E-state index is -0.870. The van der Waals surface area contributed by atoms with E-state index in [2.05, 4.69) is 10.1 Å². The van der Waals surface area contributed by atoms with E-state index in [1.807, 2.05) is 24.3 Å². The Labute approximate surface area is 159 Å². The Morgan fingerprint density at radius 2 is 2.04 bits per heavy atom. The number of methoxy groups -OCH3 is 1. The second kappa shape index (κ2) is 7.38. The molecule has 8 heteroatoms. The highest BCUT2D eigenvalue weighted by atomic mass is 19.1. The van der Waals surface area contributed by atoms with Gasteiger partial charge < -0.3 is 14.2 Å². The number of benzene rings is 2. The molecule has 1 saturated heterocycles. The van der Waals surface area contributed by atoms with E-state index in [-0.39, 0.29) is 11.5 Å². The summed E-state index contributed by atoms with van der Waals surface area (Å²) < 4.78 is 37.4. The first-order valence-corrected chi connectivity index (χ1v) is 8.74. The van der Waals surface area contributed by atoms with Crippen LogP contribution in [0.15, 0.2) is 47.0 Å². The van der Waals surface area contributed by atoms with Gasteiger partial charge in [-0.25, -0.2) is 8.78 Å². The third-order valence-corrected chi connectivity index (χ3v) is 4.70. The molecule has 28 heavy (non-hydrogen) atoms. The lowest BCUT2D eigenvalue weighted by atomic mass is 9.98. The topological polar surface area (TPSA) is 68.5 Å². The predicted octanol–water partition coefficient (Wildman–Crippen LogP) is 3.19. The van der Waals surface area contributed by atoms with Crippen molar-refractivity contribution in [2.45, 2.75) is 12.3 Å². The van der Waals surface area contributed by atoms with Gasteiger partial charge in [0.1, 0.15) is 17.4 Å². The normalized spacial score (nSPS) is 14.0. The SMILES string of the molecule is COc1ccccc1Cc1noc(C2CN(C(=O)c3ccc(F)cc3F)C2)n1. The molecule has 3 aromatic rings. The highest BCUT2D eigenvalue weighted by Gasteiger charge is 2.36.